The summed E-state index contributed by atoms with van der Waals surface area (Å²) in [6, 6.07) is 2.77. The Morgan fingerprint density at radius 3 is 2.71 bits per heavy atom. The molecule has 0 fully saturated rings. The smallest absolute Gasteiger partial charge is 0.225 e. The van der Waals surface area contributed by atoms with E-state index in [0.717, 1.165) is 0 Å². The lowest BCUT2D eigenvalue weighted by molar-refractivity contribution is 0.150. The molecule has 74 valence electrons. The zero-order chi connectivity index (χ0) is 10.7. The van der Waals surface area contributed by atoms with Crippen LogP contribution in [-0.2, 0) is 5.33 Å². The van der Waals surface area contributed by atoms with Crippen LogP contribution in [0.2, 0.25) is 5.15 Å². The summed E-state index contributed by atoms with van der Waals surface area (Å²) in [5.74, 6) is 0. The molecule has 0 aromatic carbocycles. The van der Waals surface area contributed by atoms with Crippen molar-refractivity contribution in [2.24, 2.45) is 0 Å². The molecule has 14 heavy (non-hydrogen) atoms. The second kappa shape index (κ2) is 4.67. The maximum atomic E-state index is 12.4. The van der Waals surface area contributed by atoms with Gasteiger partial charge < -0.3 is 0 Å². The van der Waals surface area contributed by atoms with E-state index in [0.29, 0.717) is 10.9 Å². The third-order valence-corrected chi connectivity index (χ3v) is 2.49. The Morgan fingerprint density at radius 2 is 2.29 bits per heavy atom. The second-order valence-electron chi connectivity index (χ2n) is 2.42. The molecule has 0 bridgehead atoms. The molecule has 0 N–H and O–H groups in total. The molecule has 0 amide bonds. The number of rotatable bonds is 2. The number of nitrogens with zero attached hydrogens (tertiary/aromatic N) is 2. The Bertz CT molecular complexity index is 390. The predicted molar refractivity (Wildman–Crippen MR) is 51.6 cm³/mol. The van der Waals surface area contributed by atoms with Crippen LogP contribution in [0, 0.1) is 11.3 Å². The van der Waals surface area contributed by atoms with Crippen molar-refractivity contribution in [2.45, 2.75) is 11.8 Å². The van der Waals surface area contributed by atoms with Crippen molar-refractivity contribution < 1.29 is 8.78 Å². The fraction of sp³-hybridized carbons (Fsp3) is 0.250. The Morgan fingerprint density at radius 1 is 1.64 bits per heavy atom. The Labute approximate surface area is 92.6 Å². The van der Waals surface area contributed by atoms with Gasteiger partial charge in [-0.05, 0) is 6.07 Å². The monoisotopic (exact) mass is 280 g/mol. The first kappa shape index (κ1) is 11.3. The quantitative estimate of drug-likeness (QED) is 0.615. The number of aromatic nitrogens is 1. The van der Waals surface area contributed by atoms with Gasteiger partial charge >= 0.3 is 0 Å². The lowest BCUT2D eigenvalue weighted by Gasteiger charge is -2.05. The molecule has 0 atom stereocenters. The number of pyridine rings is 1. The molecule has 0 saturated carbocycles. The number of alkyl halides is 3. The maximum Gasteiger partial charge on any atom is 0.266 e. The average Bonchev–Trinajstić information content (AvgIpc) is 2.16. The first-order valence-corrected chi connectivity index (χ1v) is 5.03. The van der Waals surface area contributed by atoms with Gasteiger partial charge in [0.15, 0.2) is 5.69 Å². The van der Waals surface area contributed by atoms with Crippen LogP contribution in [0.3, 0.4) is 0 Å². The van der Waals surface area contributed by atoms with Gasteiger partial charge in [0.2, 0.25) is 0 Å². The van der Waals surface area contributed by atoms with Crippen LogP contribution in [0.4, 0.5) is 8.78 Å². The van der Waals surface area contributed by atoms with E-state index in [1.165, 1.54) is 6.07 Å². The molecule has 0 aliphatic heterocycles. The highest BCUT2D eigenvalue weighted by molar-refractivity contribution is 9.08. The van der Waals surface area contributed by atoms with Gasteiger partial charge in [-0.3, -0.25) is 0 Å². The molecule has 0 aliphatic carbocycles. The first-order valence-electron chi connectivity index (χ1n) is 3.53. The van der Waals surface area contributed by atoms with Crippen LogP contribution in [0.25, 0.3) is 0 Å². The summed E-state index contributed by atoms with van der Waals surface area (Å²) in [6.07, 6.45) is -2.72. The minimum Gasteiger partial charge on any atom is -0.225 e. The van der Waals surface area contributed by atoms with Gasteiger partial charge in [0, 0.05) is 10.9 Å². The van der Waals surface area contributed by atoms with E-state index < -0.39 is 6.43 Å². The second-order valence-corrected chi connectivity index (χ2v) is 3.34. The summed E-state index contributed by atoms with van der Waals surface area (Å²) in [4.78, 5) is 3.58. The normalized spacial score (nSPS) is 10.3. The third-order valence-electron chi connectivity index (χ3n) is 1.56. The fourth-order valence-electron chi connectivity index (χ4n) is 0.900. The van der Waals surface area contributed by atoms with Gasteiger partial charge in [0.05, 0.1) is 5.56 Å². The van der Waals surface area contributed by atoms with Crippen molar-refractivity contribution >= 4 is 27.5 Å². The van der Waals surface area contributed by atoms with Crippen molar-refractivity contribution in [3.63, 3.8) is 0 Å². The minimum absolute atomic E-state index is 0.0721. The van der Waals surface area contributed by atoms with Crippen LogP contribution in [0.1, 0.15) is 23.2 Å². The summed E-state index contributed by atoms with van der Waals surface area (Å²) < 4.78 is 24.8. The van der Waals surface area contributed by atoms with Crippen LogP contribution >= 0.6 is 27.5 Å². The van der Waals surface area contributed by atoms with E-state index in [-0.39, 0.29) is 16.4 Å². The Hall–Kier alpha value is -0.730. The number of hydrogen-bond acceptors (Lipinski definition) is 2. The molecule has 0 radical (unpaired) electrons. The summed E-state index contributed by atoms with van der Waals surface area (Å²) in [5.41, 5.74) is -0.262. The molecule has 6 heteroatoms. The molecule has 1 rings (SSSR count). The number of hydrogen-bond donors (Lipinski definition) is 0. The predicted octanol–water partition coefficient (Wildman–Crippen LogP) is 3.44. The molecule has 1 heterocycles. The zero-order valence-electron chi connectivity index (χ0n) is 6.77. The highest BCUT2D eigenvalue weighted by atomic mass is 79.9. The van der Waals surface area contributed by atoms with Crippen LogP contribution in [0.5, 0.6) is 0 Å². The SMILES string of the molecule is N#Cc1nc(Cl)c(CBr)cc1C(F)F. The lowest BCUT2D eigenvalue weighted by Crippen LogP contribution is -1.98. The van der Waals surface area contributed by atoms with E-state index >= 15 is 0 Å². The van der Waals surface area contributed by atoms with Gasteiger partial charge in [-0.1, -0.05) is 27.5 Å². The van der Waals surface area contributed by atoms with Crippen molar-refractivity contribution in [3.05, 3.63) is 28.0 Å². The molecule has 0 unspecified atom stereocenters. The van der Waals surface area contributed by atoms with Crippen LogP contribution < -0.4 is 0 Å². The van der Waals surface area contributed by atoms with Crippen LogP contribution in [-0.4, -0.2) is 4.98 Å². The molecule has 1 aromatic heterocycles. The summed E-state index contributed by atoms with van der Waals surface area (Å²) >= 11 is 8.73. The lowest BCUT2D eigenvalue weighted by atomic mass is 10.1. The summed E-state index contributed by atoms with van der Waals surface area (Å²) in [7, 11) is 0. The van der Waals surface area contributed by atoms with Gasteiger partial charge in [-0.15, -0.1) is 0 Å². The topological polar surface area (TPSA) is 36.7 Å². The van der Waals surface area contributed by atoms with Crippen molar-refractivity contribution in [2.75, 3.05) is 0 Å². The van der Waals surface area contributed by atoms with E-state index in [1.54, 1.807) is 6.07 Å². The standard InChI is InChI=1S/C8H4BrClF2N2/c9-2-4-1-5(8(11)12)6(3-13)14-7(4)10/h1,8H,2H2. The van der Waals surface area contributed by atoms with Crippen molar-refractivity contribution in [1.82, 2.24) is 4.98 Å². The highest BCUT2D eigenvalue weighted by Crippen LogP contribution is 2.26. The Kier molecular flexibility index (Phi) is 3.78. The van der Waals surface area contributed by atoms with Gasteiger partial charge in [0.25, 0.3) is 6.43 Å². The van der Waals surface area contributed by atoms with Gasteiger partial charge in [0.1, 0.15) is 11.2 Å². The number of halogens is 4. The maximum absolute atomic E-state index is 12.4. The Balaban J connectivity index is 3.34. The van der Waals surface area contributed by atoms with Crippen molar-refractivity contribution in [1.29, 1.82) is 5.26 Å². The van der Waals surface area contributed by atoms with E-state index in [1.807, 2.05) is 0 Å². The van der Waals surface area contributed by atoms with Gasteiger partial charge in [-0.2, -0.15) is 5.26 Å². The molecule has 0 saturated heterocycles. The number of nitriles is 1. The largest absolute Gasteiger partial charge is 0.266 e. The fourth-order valence-corrected chi connectivity index (χ4v) is 1.69. The van der Waals surface area contributed by atoms with E-state index in [9.17, 15) is 8.78 Å². The molecule has 1 aromatic rings. The average molecular weight is 281 g/mol. The molecule has 2 nitrogen and oxygen atoms in total. The van der Waals surface area contributed by atoms with E-state index in [4.69, 9.17) is 16.9 Å². The molecular formula is C8H4BrClF2N2. The highest BCUT2D eigenvalue weighted by Gasteiger charge is 2.17. The zero-order valence-corrected chi connectivity index (χ0v) is 9.11. The van der Waals surface area contributed by atoms with Gasteiger partial charge in [-0.25, -0.2) is 13.8 Å². The summed E-state index contributed by atoms with van der Waals surface area (Å²) in [5, 5.41) is 8.93. The molecule has 0 aliphatic rings. The van der Waals surface area contributed by atoms with E-state index in [2.05, 4.69) is 20.9 Å². The molecular weight excluding hydrogens is 277 g/mol. The minimum atomic E-state index is -2.72. The van der Waals surface area contributed by atoms with Crippen LogP contribution in [0.15, 0.2) is 6.07 Å². The molecule has 0 spiro atoms. The third kappa shape index (κ3) is 2.20. The first-order chi connectivity index (χ1) is 6.60. The summed E-state index contributed by atoms with van der Waals surface area (Å²) in [6.45, 7) is 0. The van der Waals surface area contributed by atoms with Crippen molar-refractivity contribution in [3.8, 4) is 6.07 Å².